The molecule has 3 heterocycles. The van der Waals surface area contributed by atoms with Crippen molar-refractivity contribution < 1.29 is 23.5 Å². The number of carbonyl (C=O) groups is 2. The van der Waals surface area contributed by atoms with Crippen LogP contribution in [0.1, 0.15) is 25.6 Å². The molecule has 2 aromatic carbocycles. The third kappa shape index (κ3) is 4.11. The molecule has 1 spiro atoms. The zero-order valence-corrected chi connectivity index (χ0v) is 19.2. The van der Waals surface area contributed by atoms with Crippen LogP contribution in [0.2, 0.25) is 0 Å². The number of para-hydroxylation sites is 2. The summed E-state index contributed by atoms with van der Waals surface area (Å²) < 4.78 is 26.8. The van der Waals surface area contributed by atoms with Crippen molar-refractivity contribution in [2.45, 2.75) is 31.9 Å². The van der Waals surface area contributed by atoms with Gasteiger partial charge in [-0.15, -0.1) is 0 Å². The summed E-state index contributed by atoms with van der Waals surface area (Å²) in [6, 6.07) is 13.5. The number of amides is 2. The molecule has 1 atom stereocenters. The normalized spacial score (nSPS) is 20.9. The first kappa shape index (κ1) is 22.3. The van der Waals surface area contributed by atoms with Crippen LogP contribution >= 0.6 is 0 Å². The predicted octanol–water partition coefficient (Wildman–Crippen LogP) is 3.55. The minimum Gasteiger partial charge on any atom is -0.436 e. The standard InChI is InChI=1S/C25H27FN4O4/c1-17(2)23-27-20-5-3-4-6-21(20)29(23)13-22(31)28-11-12-33-16-25(14-28)15-30(24(32)34-25)19-9-7-18(26)8-10-19/h3-10,17H,11-16H2,1-2H3/t25-/m0/s1. The van der Waals surface area contributed by atoms with Gasteiger partial charge in [0.2, 0.25) is 5.91 Å². The maximum Gasteiger partial charge on any atom is 0.415 e. The highest BCUT2D eigenvalue weighted by molar-refractivity contribution is 5.90. The summed E-state index contributed by atoms with van der Waals surface area (Å²) >= 11 is 0. The van der Waals surface area contributed by atoms with E-state index in [2.05, 4.69) is 13.8 Å². The Kier molecular flexibility index (Phi) is 5.73. The molecular weight excluding hydrogens is 439 g/mol. The van der Waals surface area contributed by atoms with E-state index >= 15 is 0 Å². The molecule has 0 bridgehead atoms. The molecule has 8 nitrogen and oxygen atoms in total. The van der Waals surface area contributed by atoms with Crippen molar-refractivity contribution in [1.29, 1.82) is 0 Å². The van der Waals surface area contributed by atoms with E-state index in [1.54, 1.807) is 4.90 Å². The minimum absolute atomic E-state index is 0.0915. The summed E-state index contributed by atoms with van der Waals surface area (Å²) in [6.45, 7) is 5.62. The molecule has 2 aliphatic heterocycles. The molecule has 0 N–H and O–H groups in total. The average Bonchev–Trinajstić information content (AvgIpc) is 3.26. The van der Waals surface area contributed by atoms with Crippen molar-refractivity contribution in [3.63, 3.8) is 0 Å². The fourth-order valence-electron chi connectivity index (χ4n) is 4.66. The van der Waals surface area contributed by atoms with Gasteiger partial charge < -0.3 is 18.9 Å². The van der Waals surface area contributed by atoms with Crippen LogP contribution in [-0.2, 0) is 20.8 Å². The predicted molar refractivity (Wildman–Crippen MR) is 124 cm³/mol. The Morgan fingerprint density at radius 3 is 2.68 bits per heavy atom. The number of aromatic nitrogens is 2. The van der Waals surface area contributed by atoms with Gasteiger partial charge in [0, 0.05) is 18.2 Å². The highest BCUT2D eigenvalue weighted by Gasteiger charge is 2.49. The zero-order chi connectivity index (χ0) is 23.9. The molecule has 2 fully saturated rings. The molecule has 3 aromatic rings. The van der Waals surface area contributed by atoms with Crippen LogP contribution in [0.4, 0.5) is 14.9 Å². The molecule has 0 radical (unpaired) electrons. The summed E-state index contributed by atoms with van der Waals surface area (Å²) in [5.41, 5.74) is 1.32. The van der Waals surface area contributed by atoms with Gasteiger partial charge in [0.1, 0.15) is 18.2 Å². The Hall–Kier alpha value is -3.46. The average molecular weight is 467 g/mol. The summed E-state index contributed by atoms with van der Waals surface area (Å²) in [4.78, 5) is 34.0. The second-order valence-electron chi connectivity index (χ2n) is 9.18. The van der Waals surface area contributed by atoms with Crippen LogP contribution in [0.3, 0.4) is 0 Å². The van der Waals surface area contributed by atoms with Crippen LogP contribution in [0, 0.1) is 5.82 Å². The van der Waals surface area contributed by atoms with E-state index in [9.17, 15) is 14.0 Å². The quantitative estimate of drug-likeness (QED) is 0.588. The molecule has 9 heteroatoms. The van der Waals surface area contributed by atoms with Gasteiger partial charge in [-0.1, -0.05) is 26.0 Å². The van der Waals surface area contributed by atoms with E-state index in [1.165, 1.54) is 29.2 Å². The fourth-order valence-corrected chi connectivity index (χ4v) is 4.66. The summed E-state index contributed by atoms with van der Waals surface area (Å²) in [5, 5.41) is 0. The Bertz CT molecular complexity index is 1230. The summed E-state index contributed by atoms with van der Waals surface area (Å²) in [7, 11) is 0. The maximum absolute atomic E-state index is 13.5. The van der Waals surface area contributed by atoms with Crippen LogP contribution in [0.5, 0.6) is 0 Å². The van der Waals surface area contributed by atoms with Crippen LogP contribution in [0.15, 0.2) is 48.5 Å². The van der Waals surface area contributed by atoms with Gasteiger partial charge in [0.15, 0.2) is 5.60 Å². The highest BCUT2D eigenvalue weighted by atomic mass is 19.1. The van der Waals surface area contributed by atoms with Crippen LogP contribution in [-0.4, -0.2) is 64.9 Å². The van der Waals surface area contributed by atoms with Crippen LogP contribution < -0.4 is 4.90 Å². The smallest absolute Gasteiger partial charge is 0.415 e. The lowest BCUT2D eigenvalue weighted by Crippen LogP contribution is -2.50. The number of ether oxygens (including phenoxy) is 2. The Morgan fingerprint density at radius 1 is 1.15 bits per heavy atom. The van der Waals surface area contributed by atoms with Crippen molar-refractivity contribution in [3.8, 4) is 0 Å². The van der Waals surface area contributed by atoms with E-state index < -0.39 is 11.7 Å². The monoisotopic (exact) mass is 466 g/mol. The maximum atomic E-state index is 13.5. The second-order valence-corrected chi connectivity index (χ2v) is 9.18. The van der Waals surface area contributed by atoms with Gasteiger partial charge in [0.25, 0.3) is 0 Å². The molecule has 2 aliphatic rings. The van der Waals surface area contributed by atoms with Crippen molar-refractivity contribution in [3.05, 3.63) is 60.2 Å². The minimum atomic E-state index is -0.991. The number of benzene rings is 2. The molecule has 0 unspecified atom stereocenters. The SMILES string of the molecule is CC(C)c1nc2ccccc2n1CC(=O)N1CCOC[C@]2(C1)CN(c1ccc(F)cc1)C(=O)O2. The first-order valence-corrected chi connectivity index (χ1v) is 11.4. The molecule has 1 aromatic heterocycles. The van der Waals surface area contributed by atoms with Crippen molar-refractivity contribution in [2.75, 3.05) is 37.7 Å². The van der Waals surface area contributed by atoms with E-state index in [-0.39, 0.29) is 43.9 Å². The number of nitrogens with zero attached hydrogens (tertiary/aromatic N) is 4. The molecule has 5 rings (SSSR count). The van der Waals surface area contributed by atoms with E-state index in [1.807, 2.05) is 28.8 Å². The first-order chi connectivity index (χ1) is 16.3. The van der Waals surface area contributed by atoms with Crippen LogP contribution in [0.25, 0.3) is 11.0 Å². The molecule has 2 saturated heterocycles. The lowest BCUT2D eigenvalue weighted by atomic mass is 10.0. The van der Waals surface area contributed by atoms with Gasteiger partial charge in [-0.2, -0.15) is 0 Å². The largest absolute Gasteiger partial charge is 0.436 e. The number of fused-ring (bicyclic) bond motifs is 1. The summed E-state index contributed by atoms with van der Waals surface area (Å²) in [5.74, 6) is 0.531. The van der Waals surface area contributed by atoms with E-state index in [0.29, 0.717) is 18.8 Å². The molecule has 0 aliphatic carbocycles. The molecule has 34 heavy (non-hydrogen) atoms. The number of anilines is 1. The Labute approximate surface area is 196 Å². The molecular formula is C25H27FN4O4. The molecule has 0 saturated carbocycles. The van der Waals surface area contributed by atoms with Gasteiger partial charge >= 0.3 is 6.09 Å². The fraction of sp³-hybridized carbons (Fsp3) is 0.400. The molecule has 178 valence electrons. The number of rotatable bonds is 4. The van der Waals surface area contributed by atoms with E-state index in [4.69, 9.17) is 14.5 Å². The number of hydrogen-bond acceptors (Lipinski definition) is 5. The number of carbonyl (C=O) groups excluding carboxylic acids is 2. The molecule has 2 amide bonds. The van der Waals surface area contributed by atoms with Crippen molar-refractivity contribution >= 4 is 28.7 Å². The zero-order valence-electron chi connectivity index (χ0n) is 19.2. The van der Waals surface area contributed by atoms with Gasteiger partial charge in [-0.3, -0.25) is 9.69 Å². The Balaban J connectivity index is 1.38. The number of hydrogen-bond donors (Lipinski definition) is 0. The third-order valence-corrected chi connectivity index (χ3v) is 6.30. The van der Waals surface area contributed by atoms with E-state index in [0.717, 1.165) is 16.9 Å². The number of imidazole rings is 1. The lowest BCUT2D eigenvalue weighted by molar-refractivity contribution is -0.133. The Morgan fingerprint density at radius 2 is 1.91 bits per heavy atom. The van der Waals surface area contributed by atoms with Crippen molar-refractivity contribution in [2.24, 2.45) is 0 Å². The third-order valence-electron chi connectivity index (χ3n) is 6.30. The van der Waals surface area contributed by atoms with Gasteiger partial charge in [-0.05, 0) is 36.4 Å². The van der Waals surface area contributed by atoms with Gasteiger partial charge in [0.05, 0.1) is 37.3 Å². The first-order valence-electron chi connectivity index (χ1n) is 11.4. The van der Waals surface area contributed by atoms with Gasteiger partial charge in [-0.25, -0.2) is 14.2 Å². The second kappa shape index (κ2) is 8.72. The summed E-state index contributed by atoms with van der Waals surface area (Å²) in [6.07, 6.45) is -0.535. The van der Waals surface area contributed by atoms with Crippen molar-refractivity contribution in [1.82, 2.24) is 14.5 Å². The number of halogens is 1. The highest BCUT2D eigenvalue weighted by Crippen LogP contribution is 2.31. The lowest BCUT2D eigenvalue weighted by Gasteiger charge is -2.30. The topological polar surface area (TPSA) is 76.9 Å².